The smallest absolute Gasteiger partial charge is 0.274 e. The van der Waals surface area contributed by atoms with Gasteiger partial charge in [-0.2, -0.15) is 5.10 Å². The Bertz CT molecular complexity index is 1200. The van der Waals surface area contributed by atoms with E-state index in [2.05, 4.69) is 43.5 Å². The Morgan fingerprint density at radius 2 is 1.97 bits per heavy atom. The Balaban J connectivity index is 1.30. The molecular formula is C26H32N6O2. The van der Waals surface area contributed by atoms with Crippen molar-refractivity contribution in [1.29, 1.82) is 0 Å². The zero-order valence-electron chi connectivity index (χ0n) is 19.7. The zero-order valence-corrected chi connectivity index (χ0v) is 19.7. The molecule has 34 heavy (non-hydrogen) atoms. The van der Waals surface area contributed by atoms with Crippen LogP contribution in [-0.2, 0) is 4.74 Å². The first-order valence-electron chi connectivity index (χ1n) is 12.4. The van der Waals surface area contributed by atoms with E-state index in [4.69, 9.17) is 9.84 Å². The van der Waals surface area contributed by atoms with Crippen molar-refractivity contribution in [3.05, 3.63) is 47.9 Å². The highest BCUT2D eigenvalue weighted by Crippen LogP contribution is 2.53. The quantitative estimate of drug-likeness (QED) is 0.620. The summed E-state index contributed by atoms with van der Waals surface area (Å²) >= 11 is 0. The fraction of sp³-hybridized carbons (Fsp3) is 0.500. The maximum absolute atomic E-state index is 13.0. The standard InChI is InChI=1S/C26H32N6O2/c1-18-3-2-4-21(28-18)25(33)29-23-13-19-17-32(20-15-26(16-20)5-7-27-8-6-26)30-22(19)14-24(23)31-9-11-34-12-10-31/h2-4,13-14,17,20,27H,5-12,15-16H2,1H3,(H,29,33). The molecule has 1 aromatic carbocycles. The fourth-order valence-corrected chi connectivity index (χ4v) is 5.78. The molecule has 1 saturated carbocycles. The lowest BCUT2D eigenvalue weighted by Crippen LogP contribution is -2.46. The monoisotopic (exact) mass is 460 g/mol. The van der Waals surface area contributed by atoms with Crippen LogP contribution in [0, 0.1) is 12.3 Å². The van der Waals surface area contributed by atoms with Gasteiger partial charge in [-0.3, -0.25) is 9.48 Å². The van der Waals surface area contributed by atoms with Gasteiger partial charge in [-0.15, -0.1) is 0 Å². The minimum absolute atomic E-state index is 0.197. The van der Waals surface area contributed by atoms with E-state index in [1.165, 1.54) is 25.7 Å². The predicted octanol–water partition coefficient (Wildman–Crippen LogP) is 3.53. The Kier molecular flexibility index (Phi) is 5.50. The van der Waals surface area contributed by atoms with Gasteiger partial charge in [0.05, 0.1) is 36.1 Å². The first-order chi connectivity index (χ1) is 16.6. The molecule has 1 aliphatic carbocycles. The molecule has 2 saturated heterocycles. The Hall–Kier alpha value is -2.97. The van der Waals surface area contributed by atoms with Crippen LogP contribution in [0.1, 0.15) is 47.9 Å². The molecular weight excluding hydrogens is 428 g/mol. The number of rotatable bonds is 4. The SMILES string of the molecule is Cc1cccc(C(=O)Nc2cc3cn(C4CC5(CCNCC5)C4)nc3cc2N2CCOCC2)n1. The average molecular weight is 461 g/mol. The molecule has 1 amide bonds. The molecule has 3 fully saturated rings. The number of fused-ring (bicyclic) bond motifs is 1. The molecule has 0 atom stereocenters. The summed E-state index contributed by atoms with van der Waals surface area (Å²) in [5.74, 6) is -0.197. The van der Waals surface area contributed by atoms with Crippen molar-refractivity contribution in [2.24, 2.45) is 5.41 Å². The normalized spacial score (nSPS) is 20.4. The molecule has 0 unspecified atom stereocenters. The minimum Gasteiger partial charge on any atom is -0.378 e. The van der Waals surface area contributed by atoms with E-state index in [1.807, 2.05) is 19.1 Å². The van der Waals surface area contributed by atoms with Gasteiger partial charge < -0.3 is 20.3 Å². The highest BCUT2D eigenvalue weighted by atomic mass is 16.5. The van der Waals surface area contributed by atoms with E-state index in [9.17, 15) is 4.79 Å². The van der Waals surface area contributed by atoms with Crippen LogP contribution in [0.4, 0.5) is 11.4 Å². The second-order valence-corrected chi connectivity index (χ2v) is 10.1. The molecule has 3 aromatic rings. The number of aryl methyl sites for hydroxylation is 1. The van der Waals surface area contributed by atoms with Gasteiger partial charge in [0.25, 0.3) is 5.91 Å². The lowest BCUT2D eigenvalue weighted by atomic mass is 9.60. The molecule has 3 aliphatic rings. The Morgan fingerprint density at radius 1 is 1.18 bits per heavy atom. The number of nitrogens with one attached hydrogen (secondary N) is 2. The summed E-state index contributed by atoms with van der Waals surface area (Å²) in [4.78, 5) is 19.7. The van der Waals surface area contributed by atoms with E-state index in [-0.39, 0.29) is 5.91 Å². The van der Waals surface area contributed by atoms with Crippen LogP contribution in [0.25, 0.3) is 10.9 Å². The number of hydrogen-bond acceptors (Lipinski definition) is 6. The van der Waals surface area contributed by atoms with Crippen LogP contribution in [-0.4, -0.2) is 60.1 Å². The third-order valence-corrected chi connectivity index (χ3v) is 7.74. The second kappa shape index (κ2) is 8.67. The number of nitrogens with zero attached hydrogens (tertiary/aromatic N) is 4. The summed E-state index contributed by atoms with van der Waals surface area (Å²) in [5, 5.41) is 12.6. The number of hydrogen-bond donors (Lipinski definition) is 2. The summed E-state index contributed by atoms with van der Waals surface area (Å²) in [6.07, 6.45) is 7.12. The fourth-order valence-electron chi connectivity index (χ4n) is 5.78. The van der Waals surface area contributed by atoms with Crippen molar-refractivity contribution in [1.82, 2.24) is 20.1 Å². The highest BCUT2D eigenvalue weighted by Gasteiger charge is 2.45. The molecule has 2 aliphatic heterocycles. The Labute approximate surface area is 199 Å². The molecule has 6 rings (SSSR count). The summed E-state index contributed by atoms with van der Waals surface area (Å²) < 4.78 is 7.72. The van der Waals surface area contributed by atoms with Crippen LogP contribution in [0.2, 0.25) is 0 Å². The van der Waals surface area contributed by atoms with Gasteiger partial charge in [0.1, 0.15) is 5.69 Å². The number of carbonyl (C=O) groups excluding carboxylic acids is 1. The van der Waals surface area contributed by atoms with Crippen LogP contribution < -0.4 is 15.5 Å². The number of piperidine rings is 1. The molecule has 1 spiro atoms. The molecule has 2 aromatic heterocycles. The molecule has 8 heteroatoms. The average Bonchev–Trinajstić information content (AvgIpc) is 3.25. The lowest BCUT2D eigenvalue weighted by Gasteiger charge is -2.50. The summed E-state index contributed by atoms with van der Waals surface area (Å²) in [5.41, 5.74) is 4.51. The van der Waals surface area contributed by atoms with Crippen molar-refractivity contribution in [3.63, 3.8) is 0 Å². The van der Waals surface area contributed by atoms with E-state index >= 15 is 0 Å². The second-order valence-electron chi connectivity index (χ2n) is 10.1. The molecule has 2 N–H and O–H groups in total. The number of aromatic nitrogens is 3. The van der Waals surface area contributed by atoms with Crippen molar-refractivity contribution < 1.29 is 9.53 Å². The number of benzene rings is 1. The van der Waals surface area contributed by atoms with Gasteiger partial charge >= 0.3 is 0 Å². The maximum atomic E-state index is 13.0. The van der Waals surface area contributed by atoms with Gasteiger partial charge in [-0.1, -0.05) is 6.07 Å². The van der Waals surface area contributed by atoms with E-state index in [0.717, 1.165) is 54.2 Å². The third-order valence-electron chi connectivity index (χ3n) is 7.74. The largest absolute Gasteiger partial charge is 0.378 e. The topological polar surface area (TPSA) is 84.3 Å². The maximum Gasteiger partial charge on any atom is 0.274 e. The lowest BCUT2D eigenvalue weighted by molar-refractivity contribution is 0.0233. The summed E-state index contributed by atoms with van der Waals surface area (Å²) in [6.45, 7) is 7.10. The van der Waals surface area contributed by atoms with Crippen LogP contribution in [0.15, 0.2) is 36.5 Å². The number of anilines is 2. The first kappa shape index (κ1) is 21.6. The van der Waals surface area contributed by atoms with Crippen molar-refractivity contribution in [2.45, 2.75) is 38.6 Å². The predicted molar refractivity (Wildman–Crippen MR) is 132 cm³/mol. The summed E-state index contributed by atoms with van der Waals surface area (Å²) in [6, 6.07) is 10.2. The number of morpholine rings is 1. The van der Waals surface area contributed by atoms with Gasteiger partial charge in [0.2, 0.25) is 0 Å². The van der Waals surface area contributed by atoms with Gasteiger partial charge in [0.15, 0.2) is 0 Å². The highest BCUT2D eigenvalue weighted by molar-refractivity contribution is 6.06. The Morgan fingerprint density at radius 3 is 2.74 bits per heavy atom. The minimum atomic E-state index is -0.197. The van der Waals surface area contributed by atoms with Gasteiger partial charge in [-0.05, 0) is 75.4 Å². The zero-order chi connectivity index (χ0) is 23.1. The van der Waals surface area contributed by atoms with E-state index in [0.29, 0.717) is 30.4 Å². The van der Waals surface area contributed by atoms with Crippen molar-refractivity contribution in [3.8, 4) is 0 Å². The molecule has 178 valence electrons. The molecule has 0 radical (unpaired) electrons. The molecule has 0 bridgehead atoms. The molecule has 8 nitrogen and oxygen atoms in total. The van der Waals surface area contributed by atoms with Gasteiger partial charge in [-0.25, -0.2) is 4.98 Å². The first-order valence-corrected chi connectivity index (χ1v) is 12.4. The number of carbonyl (C=O) groups is 1. The summed E-state index contributed by atoms with van der Waals surface area (Å²) in [7, 11) is 0. The van der Waals surface area contributed by atoms with E-state index < -0.39 is 0 Å². The number of ether oxygens (including phenoxy) is 1. The van der Waals surface area contributed by atoms with Crippen LogP contribution in [0.5, 0.6) is 0 Å². The van der Waals surface area contributed by atoms with Crippen LogP contribution in [0.3, 0.4) is 0 Å². The molecule has 4 heterocycles. The number of amides is 1. The third kappa shape index (κ3) is 4.05. The van der Waals surface area contributed by atoms with Gasteiger partial charge in [0, 0.05) is 30.4 Å². The van der Waals surface area contributed by atoms with Crippen molar-refractivity contribution in [2.75, 3.05) is 49.6 Å². The van der Waals surface area contributed by atoms with Crippen molar-refractivity contribution >= 4 is 28.2 Å². The van der Waals surface area contributed by atoms with E-state index in [1.54, 1.807) is 6.07 Å². The number of pyridine rings is 1. The van der Waals surface area contributed by atoms with Crippen LogP contribution >= 0.6 is 0 Å².